The molecule has 2 unspecified atom stereocenters. The molecule has 5 N–H and O–H groups in total. The minimum absolute atomic E-state index is 0.328. The van der Waals surface area contributed by atoms with E-state index < -0.39 is 24.2 Å². The SMILES string of the molecule is COC(=O)CC(O)C(O)c1cccc(NC(N)=O)c1. The lowest BCUT2D eigenvalue weighted by Crippen LogP contribution is -2.23. The van der Waals surface area contributed by atoms with Gasteiger partial charge >= 0.3 is 12.0 Å². The van der Waals surface area contributed by atoms with Crippen LogP contribution >= 0.6 is 0 Å². The van der Waals surface area contributed by atoms with Crippen molar-refractivity contribution in [3.63, 3.8) is 0 Å². The molecule has 1 rings (SSSR count). The maximum atomic E-state index is 11.0. The third-order valence-corrected chi connectivity index (χ3v) is 2.46. The molecule has 7 nitrogen and oxygen atoms in total. The van der Waals surface area contributed by atoms with E-state index in [1.165, 1.54) is 13.2 Å². The molecule has 104 valence electrons. The van der Waals surface area contributed by atoms with Crippen LogP contribution in [-0.2, 0) is 9.53 Å². The quantitative estimate of drug-likeness (QED) is 0.566. The van der Waals surface area contributed by atoms with Gasteiger partial charge in [0.25, 0.3) is 0 Å². The van der Waals surface area contributed by atoms with Gasteiger partial charge in [-0.2, -0.15) is 0 Å². The molecule has 0 spiro atoms. The number of rotatable bonds is 5. The zero-order chi connectivity index (χ0) is 14.4. The summed E-state index contributed by atoms with van der Waals surface area (Å²) in [5.74, 6) is -0.627. The first-order valence-electron chi connectivity index (χ1n) is 5.53. The Kier molecular flexibility index (Phi) is 5.28. The normalized spacial score (nSPS) is 13.4. The monoisotopic (exact) mass is 268 g/mol. The van der Waals surface area contributed by atoms with Crippen LogP contribution in [0.1, 0.15) is 18.1 Å². The second-order valence-corrected chi connectivity index (χ2v) is 3.91. The maximum absolute atomic E-state index is 11.0. The predicted molar refractivity (Wildman–Crippen MR) is 67.2 cm³/mol. The third kappa shape index (κ3) is 4.57. The Bertz CT molecular complexity index is 463. The van der Waals surface area contributed by atoms with Crippen molar-refractivity contribution in [2.24, 2.45) is 5.73 Å². The van der Waals surface area contributed by atoms with Gasteiger partial charge in [-0.15, -0.1) is 0 Å². The van der Waals surface area contributed by atoms with Crippen molar-refractivity contribution in [1.29, 1.82) is 0 Å². The Morgan fingerprint density at radius 1 is 1.42 bits per heavy atom. The molecule has 0 fully saturated rings. The van der Waals surface area contributed by atoms with E-state index in [0.717, 1.165) is 0 Å². The topological polar surface area (TPSA) is 122 Å². The Labute approximate surface area is 110 Å². The fraction of sp³-hybridized carbons (Fsp3) is 0.333. The number of hydrogen-bond acceptors (Lipinski definition) is 5. The zero-order valence-corrected chi connectivity index (χ0v) is 10.4. The molecule has 0 heterocycles. The van der Waals surface area contributed by atoms with Gasteiger partial charge in [0.2, 0.25) is 0 Å². The number of amides is 2. The predicted octanol–water partition coefficient (Wildman–Crippen LogP) is 0.135. The lowest BCUT2D eigenvalue weighted by Gasteiger charge is -2.17. The number of nitrogens with one attached hydrogen (secondary N) is 1. The molecule has 7 heteroatoms. The molecule has 19 heavy (non-hydrogen) atoms. The van der Waals surface area contributed by atoms with Gasteiger partial charge in [-0.3, -0.25) is 4.79 Å². The van der Waals surface area contributed by atoms with Gasteiger partial charge in [-0.25, -0.2) is 4.79 Å². The van der Waals surface area contributed by atoms with Crippen LogP contribution in [0.2, 0.25) is 0 Å². The van der Waals surface area contributed by atoms with Crippen molar-refractivity contribution < 1.29 is 24.5 Å². The van der Waals surface area contributed by atoms with Crippen LogP contribution < -0.4 is 11.1 Å². The first kappa shape index (κ1) is 14.9. The van der Waals surface area contributed by atoms with Gasteiger partial charge in [-0.1, -0.05) is 12.1 Å². The summed E-state index contributed by atoms with van der Waals surface area (Å²) in [5, 5.41) is 21.9. The van der Waals surface area contributed by atoms with E-state index in [1.807, 2.05) is 0 Å². The van der Waals surface area contributed by atoms with Crippen molar-refractivity contribution in [3.8, 4) is 0 Å². The number of methoxy groups -OCH3 is 1. The minimum atomic E-state index is -1.30. The second kappa shape index (κ2) is 6.72. The average Bonchev–Trinajstić information content (AvgIpc) is 2.37. The van der Waals surface area contributed by atoms with Gasteiger partial charge in [0.05, 0.1) is 19.6 Å². The first-order chi connectivity index (χ1) is 8.93. The third-order valence-electron chi connectivity index (χ3n) is 2.46. The molecule has 1 aromatic rings. The number of aliphatic hydroxyl groups excluding tert-OH is 2. The molecule has 0 radical (unpaired) electrons. The Morgan fingerprint density at radius 2 is 2.11 bits per heavy atom. The summed E-state index contributed by atoms with van der Waals surface area (Å²) in [7, 11) is 1.19. The summed E-state index contributed by atoms with van der Waals surface area (Å²) in [6.07, 6.45) is -2.89. The van der Waals surface area contributed by atoms with E-state index in [9.17, 15) is 19.8 Å². The Morgan fingerprint density at radius 3 is 2.68 bits per heavy atom. The summed E-state index contributed by atoms with van der Waals surface area (Å²) in [6, 6.07) is 5.43. The molecule has 2 atom stereocenters. The van der Waals surface area contributed by atoms with Crippen LogP contribution in [0, 0.1) is 0 Å². The van der Waals surface area contributed by atoms with Crippen molar-refractivity contribution in [2.45, 2.75) is 18.6 Å². The molecule has 1 aromatic carbocycles. The van der Waals surface area contributed by atoms with E-state index in [1.54, 1.807) is 18.2 Å². The number of primary amides is 1. The van der Waals surface area contributed by atoms with Crippen LogP contribution in [-0.4, -0.2) is 35.4 Å². The minimum Gasteiger partial charge on any atom is -0.469 e. The van der Waals surface area contributed by atoms with Crippen LogP contribution in [0.3, 0.4) is 0 Å². The highest BCUT2D eigenvalue weighted by Crippen LogP contribution is 2.22. The van der Waals surface area contributed by atoms with Crippen LogP contribution in [0.4, 0.5) is 10.5 Å². The van der Waals surface area contributed by atoms with E-state index in [0.29, 0.717) is 11.3 Å². The van der Waals surface area contributed by atoms with Crippen LogP contribution in [0.5, 0.6) is 0 Å². The zero-order valence-electron chi connectivity index (χ0n) is 10.4. The fourth-order valence-electron chi connectivity index (χ4n) is 1.53. The van der Waals surface area contributed by atoms with E-state index in [2.05, 4.69) is 10.1 Å². The number of carbonyl (C=O) groups is 2. The smallest absolute Gasteiger partial charge is 0.316 e. The lowest BCUT2D eigenvalue weighted by molar-refractivity contribution is -0.144. The van der Waals surface area contributed by atoms with Crippen molar-refractivity contribution in [1.82, 2.24) is 0 Å². The fourth-order valence-corrected chi connectivity index (χ4v) is 1.53. The standard InChI is InChI=1S/C12H16N2O5/c1-19-10(16)6-9(15)11(17)7-3-2-4-8(5-7)14-12(13)18/h2-5,9,11,15,17H,6H2,1H3,(H3,13,14,18). The number of anilines is 1. The van der Waals surface area contributed by atoms with E-state index in [4.69, 9.17) is 5.73 Å². The van der Waals surface area contributed by atoms with Gasteiger partial charge in [-0.05, 0) is 17.7 Å². The number of carbonyl (C=O) groups excluding carboxylic acids is 2. The summed E-state index contributed by atoms with van der Waals surface area (Å²) in [6.45, 7) is 0. The summed E-state index contributed by atoms with van der Waals surface area (Å²) >= 11 is 0. The molecular weight excluding hydrogens is 252 g/mol. The summed E-state index contributed by atoms with van der Waals surface area (Å²) in [5.41, 5.74) is 5.70. The summed E-state index contributed by atoms with van der Waals surface area (Å²) < 4.78 is 4.40. The molecule has 0 bridgehead atoms. The number of benzene rings is 1. The van der Waals surface area contributed by atoms with Crippen molar-refractivity contribution in [2.75, 3.05) is 12.4 Å². The average molecular weight is 268 g/mol. The van der Waals surface area contributed by atoms with E-state index in [-0.39, 0.29) is 6.42 Å². The van der Waals surface area contributed by atoms with Crippen molar-refractivity contribution >= 4 is 17.7 Å². The number of urea groups is 1. The largest absolute Gasteiger partial charge is 0.469 e. The Hall–Kier alpha value is -2.12. The lowest BCUT2D eigenvalue weighted by atomic mass is 10.0. The number of ether oxygens (including phenoxy) is 1. The van der Waals surface area contributed by atoms with Crippen LogP contribution in [0.25, 0.3) is 0 Å². The Balaban J connectivity index is 2.78. The number of esters is 1. The molecule has 0 aliphatic rings. The van der Waals surface area contributed by atoms with Crippen molar-refractivity contribution in [3.05, 3.63) is 29.8 Å². The highest BCUT2D eigenvalue weighted by atomic mass is 16.5. The second-order valence-electron chi connectivity index (χ2n) is 3.91. The van der Waals surface area contributed by atoms with Gasteiger partial charge in [0, 0.05) is 5.69 Å². The van der Waals surface area contributed by atoms with Gasteiger partial charge < -0.3 is 26.0 Å². The highest BCUT2D eigenvalue weighted by Gasteiger charge is 2.22. The van der Waals surface area contributed by atoms with Gasteiger partial charge in [0.15, 0.2) is 0 Å². The maximum Gasteiger partial charge on any atom is 0.316 e. The number of hydrogen-bond donors (Lipinski definition) is 4. The molecule has 0 aliphatic heterocycles. The molecule has 0 saturated heterocycles. The number of aliphatic hydroxyl groups is 2. The molecule has 0 aromatic heterocycles. The van der Waals surface area contributed by atoms with Gasteiger partial charge in [0.1, 0.15) is 6.10 Å². The molecule has 2 amide bonds. The summed E-state index contributed by atoms with van der Waals surface area (Å²) in [4.78, 5) is 21.7. The number of nitrogens with two attached hydrogens (primary N) is 1. The molecule has 0 saturated carbocycles. The molecule has 0 aliphatic carbocycles. The van der Waals surface area contributed by atoms with E-state index >= 15 is 0 Å². The molecular formula is C12H16N2O5. The van der Waals surface area contributed by atoms with Crippen LogP contribution in [0.15, 0.2) is 24.3 Å². The first-order valence-corrected chi connectivity index (χ1v) is 5.53. The highest BCUT2D eigenvalue weighted by molar-refractivity contribution is 5.87.